The summed E-state index contributed by atoms with van der Waals surface area (Å²) in [5.41, 5.74) is 8.17. The Bertz CT molecular complexity index is 307. The average molecular weight is 246 g/mol. The van der Waals surface area contributed by atoms with Gasteiger partial charge in [0.25, 0.3) is 5.91 Å². The highest BCUT2D eigenvalue weighted by molar-refractivity contribution is 5.86. The molecule has 0 saturated carbocycles. The fourth-order valence-electron chi connectivity index (χ4n) is 0.962. The van der Waals surface area contributed by atoms with Gasteiger partial charge in [-0.1, -0.05) is 5.22 Å². The monoisotopic (exact) mass is 246 g/mol. The van der Waals surface area contributed by atoms with Crippen LogP contribution in [0.15, 0.2) is 10.5 Å². The quantitative estimate of drug-likeness (QED) is 0.183. The molecule has 0 aliphatic carbocycles. The number of esters is 1. The Balaban J connectivity index is 4.59. The first-order chi connectivity index (χ1) is 7.92. The zero-order valence-electron chi connectivity index (χ0n) is 9.41. The molecule has 10 heteroatoms. The van der Waals surface area contributed by atoms with Crippen LogP contribution in [0.25, 0.3) is 0 Å². The van der Waals surface area contributed by atoms with Gasteiger partial charge in [-0.3, -0.25) is 9.59 Å². The van der Waals surface area contributed by atoms with Crippen molar-refractivity contribution in [1.29, 1.82) is 5.53 Å². The van der Waals surface area contributed by atoms with Gasteiger partial charge < -0.3 is 4.74 Å². The van der Waals surface area contributed by atoms with Crippen LogP contribution in [-0.4, -0.2) is 29.1 Å². The van der Waals surface area contributed by atoms with E-state index in [9.17, 15) is 14.5 Å². The molecule has 0 aromatic carbocycles. The minimum atomic E-state index is -1.37. The number of carbonyl (C=O) groups is 2. The number of nitroso groups, excluding NO2 is 1. The third-order valence-electron chi connectivity index (χ3n) is 1.61. The molecule has 0 aromatic heterocycles. The number of hydrogen-bond acceptors (Lipinski definition) is 8. The standard InChI is InChI=1S/C7H14N6O4/c1-4(2)17-6(14)3-5(13(9)12-16)7(15)10-11-8/h4-5H,3,9H2,1-2H3,(H2,8,10,15). The number of ether oxygens (including phenoxy) is 1. The van der Waals surface area contributed by atoms with E-state index in [0.717, 1.165) is 0 Å². The second kappa shape index (κ2) is 7.22. The lowest BCUT2D eigenvalue weighted by Gasteiger charge is -2.19. The van der Waals surface area contributed by atoms with E-state index in [2.05, 4.69) is 10.5 Å². The predicted molar refractivity (Wildman–Crippen MR) is 54.7 cm³/mol. The van der Waals surface area contributed by atoms with Crippen molar-refractivity contribution in [2.45, 2.75) is 32.4 Å². The number of nitrogens with zero attached hydrogens (tertiary/aromatic N) is 3. The van der Waals surface area contributed by atoms with Gasteiger partial charge >= 0.3 is 5.97 Å². The summed E-state index contributed by atoms with van der Waals surface area (Å²) in [6.07, 6.45) is -0.829. The Kier molecular flexibility index (Phi) is 6.33. The van der Waals surface area contributed by atoms with Crippen molar-refractivity contribution >= 4 is 11.9 Å². The number of amides is 1. The first-order valence-electron chi connectivity index (χ1n) is 4.65. The Hall–Kier alpha value is -2.10. The second-order valence-electron chi connectivity index (χ2n) is 3.31. The fourth-order valence-corrected chi connectivity index (χ4v) is 0.962. The van der Waals surface area contributed by atoms with Gasteiger partial charge in [0, 0.05) is 0 Å². The number of hydrogen-bond donors (Lipinski definition) is 3. The third-order valence-corrected chi connectivity index (χ3v) is 1.61. The predicted octanol–water partition coefficient (Wildman–Crippen LogP) is -0.384. The zero-order chi connectivity index (χ0) is 13.4. The van der Waals surface area contributed by atoms with Crippen LogP contribution in [0.3, 0.4) is 0 Å². The van der Waals surface area contributed by atoms with E-state index >= 15 is 0 Å². The van der Waals surface area contributed by atoms with Crippen LogP contribution < -0.4 is 11.3 Å². The number of nitrogens with two attached hydrogens (primary N) is 1. The molecule has 0 bridgehead atoms. The van der Waals surface area contributed by atoms with Gasteiger partial charge in [0.2, 0.25) is 0 Å². The van der Waals surface area contributed by atoms with Crippen molar-refractivity contribution in [2.24, 2.45) is 16.4 Å². The van der Waals surface area contributed by atoms with E-state index in [0.29, 0.717) is 0 Å². The van der Waals surface area contributed by atoms with Crippen LogP contribution in [0.2, 0.25) is 0 Å². The largest absolute Gasteiger partial charge is 0.463 e. The van der Waals surface area contributed by atoms with E-state index < -0.39 is 24.3 Å². The van der Waals surface area contributed by atoms with Crippen LogP contribution in [0.4, 0.5) is 0 Å². The molecule has 0 radical (unpaired) electrons. The maximum atomic E-state index is 11.3. The van der Waals surface area contributed by atoms with Gasteiger partial charge in [0.15, 0.2) is 6.04 Å². The summed E-state index contributed by atoms with van der Waals surface area (Å²) in [4.78, 5) is 32.8. The molecule has 0 aliphatic rings. The summed E-state index contributed by atoms with van der Waals surface area (Å²) in [5.74, 6) is 3.49. The van der Waals surface area contributed by atoms with E-state index in [-0.39, 0.29) is 11.2 Å². The summed E-state index contributed by atoms with van der Waals surface area (Å²) < 4.78 is 4.78. The summed E-state index contributed by atoms with van der Waals surface area (Å²) in [5, 5.41) is 5.19. The van der Waals surface area contributed by atoms with E-state index in [1.165, 1.54) is 0 Å². The van der Waals surface area contributed by atoms with Crippen molar-refractivity contribution in [2.75, 3.05) is 0 Å². The van der Waals surface area contributed by atoms with Crippen LogP contribution in [0.5, 0.6) is 0 Å². The van der Waals surface area contributed by atoms with Gasteiger partial charge in [-0.25, -0.2) is 11.3 Å². The number of hydrazine groups is 1. The number of carbonyl (C=O) groups excluding carboxylic acids is 2. The van der Waals surface area contributed by atoms with Gasteiger partial charge in [0.05, 0.1) is 17.8 Å². The molecule has 17 heavy (non-hydrogen) atoms. The Morgan fingerprint density at radius 3 is 2.53 bits per heavy atom. The Labute approximate surface area is 96.9 Å². The van der Waals surface area contributed by atoms with E-state index in [4.69, 9.17) is 16.1 Å². The summed E-state index contributed by atoms with van der Waals surface area (Å²) in [6, 6.07) is -1.37. The Morgan fingerprint density at radius 1 is 1.53 bits per heavy atom. The molecule has 0 rings (SSSR count). The third kappa shape index (κ3) is 5.51. The number of nitrogens with one attached hydrogen (secondary N) is 2. The highest BCUT2D eigenvalue weighted by Crippen LogP contribution is 2.04. The zero-order valence-corrected chi connectivity index (χ0v) is 9.41. The highest BCUT2D eigenvalue weighted by Gasteiger charge is 2.28. The smallest absolute Gasteiger partial charge is 0.308 e. The lowest BCUT2D eigenvalue weighted by molar-refractivity contribution is -0.151. The molecule has 1 unspecified atom stereocenters. The van der Waals surface area contributed by atoms with Gasteiger partial charge in [0.1, 0.15) is 0 Å². The second-order valence-corrected chi connectivity index (χ2v) is 3.31. The van der Waals surface area contributed by atoms with Crippen LogP contribution in [0, 0.1) is 10.4 Å². The van der Waals surface area contributed by atoms with Crippen molar-refractivity contribution in [3.8, 4) is 0 Å². The van der Waals surface area contributed by atoms with E-state index in [1.54, 1.807) is 19.3 Å². The van der Waals surface area contributed by atoms with E-state index in [1.807, 2.05) is 0 Å². The molecule has 96 valence electrons. The summed E-state index contributed by atoms with van der Waals surface area (Å²) in [7, 11) is 0. The molecule has 0 saturated heterocycles. The molecular formula is C7H14N6O4. The SMILES string of the molecule is CC(C)OC(=O)CC(C(=O)NN=N)N(N)N=O. The van der Waals surface area contributed by atoms with Crippen molar-refractivity contribution < 1.29 is 14.3 Å². The maximum absolute atomic E-state index is 11.3. The average Bonchev–Trinajstić information content (AvgIpc) is 2.24. The minimum absolute atomic E-state index is 0.266. The van der Waals surface area contributed by atoms with Gasteiger partial charge in [-0.15, -0.1) is 4.91 Å². The molecule has 0 heterocycles. The van der Waals surface area contributed by atoms with Crippen LogP contribution >= 0.6 is 0 Å². The first-order valence-corrected chi connectivity index (χ1v) is 4.65. The van der Waals surface area contributed by atoms with Gasteiger partial charge in [-0.05, 0) is 13.8 Å². The minimum Gasteiger partial charge on any atom is -0.463 e. The summed E-state index contributed by atoms with van der Waals surface area (Å²) >= 11 is 0. The molecule has 4 N–H and O–H groups in total. The fraction of sp³-hybridized carbons (Fsp3) is 0.714. The lowest BCUT2D eigenvalue weighted by Crippen LogP contribution is -2.47. The molecular weight excluding hydrogens is 232 g/mol. The molecule has 1 amide bonds. The van der Waals surface area contributed by atoms with Crippen LogP contribution in [-0.2, 0) is 14.3 Å². The normalized spacial score (nSPS) is 11.5. The van der Waals surface area contributed by atoms with Crippen molar-refractivity contribution in [3.05, 3.63) is 4.91 Å². The lowest BCUT2D eigenvalue weighted by atomic mass is 10.2. The van der Waals surface area contributed by atoms with Crippen molar-refractivity contribution in [3.63, 3.8) is 0 Å². The van der Waals surface area contributed by atoms with Gasteiger partial charge in [-0.2, -0.15) is 10.6 Å². The molecule has 0 fully saturated rings. The number of rotatable bonds is 7. The first kappa shape index (κ1) is 14.9. The van der Waals surface area contributed by atoms with Crippen LogP contribution in [0.1, 0.15) is 20.3 Å². The maximum Gasteiger partial charge on any atom is 0.308 e. The van der Waals surface area contributed by atoms with Crippen molar-refractivity contribution in [1.82, 2.24) is 10.5 Å². The topological polar surface area (TPSA) is 150 Å². The molecule has 10 nitrogen and oxygen atoms in total. The Morgan fingerprint density at radius 2 is 2.12 bits per heavy atom. The summed E-state index contributed by atoms with van der Waals surface area (Å²) in [6.45, 7) is 3.26. The molecule has 0 spiro atoms. The molecule has 1 atom stereocenters. The molecule has 0 aromatic rings. The highest BCUT2D eigenvalue weighted by atomic mass is 16.5. The molecule has 0 aliphatic heterocycles.